The third-order valence-corrected chi connectivity index (χ3v) is 6.23. The van der Waals surface area contributed by atoms with Crippen molar-refractivity contribution < 1.29 is 24.2 Å². The minimum absolute atomic E-state index is 0.0257. The highest BCUT2D eigenvalue weighted by molar-refractivity contribution is 5.92. The zero-order chi connectivity index (χ0) is 26.5. The van der Waals surface area contributed by atoms with Crippen LogP contribution in [0.5, 0.6) is 5.75 Å². The highest BCUT2D eigenvalue weighted by atomic mass is 16.6. The van der Waals surface area contributed by atoms with Gasteiger partial charge in [0.25, 0.3) is 0 Å². The van der Waals surface area contributed by atoms with E-state index >= 15 is 0 Å². The van der Waals surface area contributed by atoms with Gasteiger partial charge in [0.15, 0.2) is 0 Å². The van der Waals surface area contributed by atoms with E-state index in [1.807, 2.05) is 30.3 Å². The zero-order valence-corrected chi connectivity index (χ0v) is 21.7. The van der Waals surface area contributed by atoms with Crippen LogP contribution in [0, 0.1) is 6.92 Å². The fraction of sp³-hybridized carbons (Fsp3) is 0.464. The van der Waals surface area contributed by atoms with Crippen molar-refractivity contribution in [3.8, 4) is 5.75 Å². The molecule has 1 saturated carbocycles. The van der Waals surface area contributed by atoms with E-state index in [9.17, 15) is 19.5 Å². The van der Waals surface area contributed by atoms with Gasteiger partial charge in [-0.25, -0.2) is 4.79 Å². The van der Waals surface area contributed by atoms with Crippen LogP contribution < -0.4 is 10.6 Å². The first-order valence-corrected chi connectivity index (χ1v) is 12.4. The number of alkyl carbamates (subject to hydrolysis) is 1. The molecule has 0 bridgehead atoms. The van der Waals surface area contributed by atoms with Crippen LogP contribution in [-0.2, 0) is 20.9 Å². The van der Waals surface area contributed by atoms with Gasteiger partial charge in [-0.3, -0.25) is 9.59 Å². The largest absolute Gasteiger partial charge is 0.507 e. The quantitative estimate of drug-likeness (QED) is 0.505. The maximum absolute atomic E-state index is 13.8. The number of nitrogens with one attached hydrogen (secondary N) is 2. The molecule has 1 aliphatic rings. The second-order valence-corrected chi connectivity index (χ2v) is 10.3. The highest BCUT2D eigenvalue weighted by Crippen LogP contribution is 2.37. The molecule has 3 rings (SSSR count). The summed E-state index contributed by atoms with van der Waals surface area (Å²) in [6.07, 6.45) is 1.70. The number of aromatic hydroxyl groups is 1. The first-order valence-electron chi connectivity index (χ1n) is 12.4. The van der Waals surface area contributed by atoms with Gasteiger partial charge >= 0.3 is 6.09 Å². The van der Waals surface area contributed by atoms with Gasteiger partial charge in [0.2, 0.25) is 11.8 Å². The molecule has 0 saturated heterocycles. The molecule has 0 heterocycles. The number of aryl methyl sites for hydroxylation is 1. The van der Waals surface area contributed by atoms with Crippen LogP contribution in [0.3, 0.4) is 0 Å². The maximum atomic E-state index is 13.8. The van der Waals surface area contributed by atoms with Gasteiger partial charge in [-0.05, 0) is 65.0 Å². The topological polar surface area (TPSA) is 108 Å². The normalized spacial score (nSPS) is 15.2. The molecule has 0 aromatic heterocycles. The molecule has 2 aromatic rings. The Morgan fingerprint density at radius 3 is 2.33 bits per heavy atom. The standard InChI is InChI=1S/C28H37N3O5/c1-18-11-9-16-22(24(18)32)23(25(33)29-17-20-12-7-6-8-13-20)31(21-14-10-15-21)26(34)19(2)30-27(35)36-28(3,4)5/h6-9,11-13,16,19,21,23,32H,10,14-15,17H2,1-5H3,(H,29,33)(H,30,35). The minimum Gasteiger partial charge on any atom is -0.507 e. The average Bonchev–Trinajstić information content (AvgIpc) is 2.77. The molecule has 2 atom stereocenters. The van der Waals surface area contributed by atoms with Crippen LogP contribution in [-0.4, -0.2) is 45.6 Å². The van der Waals surface area contributed by atoms with Crippen LogP contribution >= 0.6 is 0 Å². The predicted octanol–water partition coefficient (Wildman–Crippen LogP) is 4.35. The number of nitrogens with zero attached hydrogens (tertiary/aromatic N) is 1. The monoisotopic (exact) mass is 495 g/mol. The predicted molar refractivity (Wildman–Crippen MR) is 137 cm³/mol. The molecular formula is C28H37N3O5. The van der Waals surface area contributed by atoms with Crippen LogP contribution in [0.1, 0.15) is 69.7 Å². The summed E-state index contributed by atoms with van der Waals surface area (Å²) in [5.41, 5.74) is 1.16. The third-order valence-electron chi connectivity index (χ3n) is 6.23. The first kappa shape index (κ1) is 27.0. The Balaban J connectivity index is 1.93. The van der Waals surface area contributed by atoms with E-state index < -0.39 is 35.6 Å². The molecule has 194 valence electrons. The molecular weight excluding hydrogens is 458 g/mol. The molecule has 0 radical (unpaired) electrons. The first-order chi connectivity index (χ1) is 17.0. The molecule has 2 unspecified atom stereocenters. The van der Waals surface area contributed by atoms with Gasteiger partial charge in [0.05, 0.1) is 0 Å². The number of hydrogen-bond donors (Lipinski definition) is 3. The van der Waals surface area contributed by atoms with E-state index in [0.717, 1.165) is 24.8 Å². The van der Waals surface area contributed by atoms with Crippen molar-refractivity contribution in [2.45, 2.75) is 84.2 Å². The summed E-state index contributed by atoms with van der Waals surface area (Å²) in [5.74, 6) is -0.835. The molecule has 0 aliphatic heterocycles. The lowest BCUT2D eigenvalue weighted by Gasteiger charge is -2.43. The van der Waals surface area contributed by atoms with E-state index in [-0.39, 0.29) is 18.3 Å². The Hall–Kier alpha value is -3.55. The fourth-order valence-electron chi connectivity index (χ4n) is 4.15. The Bertz CT molecular complexity index is 1080. The van der Waals surface area contributed by atoms with Gasteiger partial charge in [-0.1, -0.05) is 48.5 Å². The van der Waals surface area contributed by atoms with Crippen LogP contribution in [0.2, 0.25) is 0 Å². The minimum atomic E-state index is -1.06. The molecule has 2 aromatic carbocycles. The fourth-order valence-corrected chi connectivity index (χ4v) is 4.15. The SMILES string of the molecule is Cc1cccc(C(C(=O)NCc2ccccc2)N(C(=O)C(C)NC(=O)OC(C)(C)C)C2CCC2)c1O. The molecule has 8 heteroatoms. The summed E-state index contributed by atoms with van der Waals surface area (Å²) in [6, 6.07) is 12.5. The Kier molecular flexibility index (Phi) is 8.61. The van der Waals surface area contributed by atoms with E-state index in [1.54, 1.807) is 52.8 Å². The molecule has 8 nitrogen and oxygen atoms in total. The van der Waals surface area contributed by atoms with Crippen molar-refractivity contribution in [2.24, 2.45) is 0 Å². The van der Waals surface area contributed by atoms with E-state index in [1.165, 1.54) is 4.90 Å². The molecule has 0 spiro atoms. The van der Waals surface area contributed by atoms with Crippen molar-refractivity contribution >= 4 is 17.9 Å². The second kappa shape index (κ2) is 11.5. The second-order valence-electron chi connectivity index (χ2n) is 10.3. The van der Waals surface area contributed by atoms with Crippen molar-refractivity contribution in [1.29, 1.82) is 0 Å². The number of para-hydroxylation sites is 1. The van der Waals surface area contributed by atoms with Crippen molar-refractivity contribution in [1.82, 2.24) is 15.5 Å². The molecule has 3 amide bonds. The summed E-state index contributed by atoms with van der Waals surface area (Å²) in [4.78, 5) is 41.3. The van der Waals surface area contributed by atoms with Gasteiger partial charge in [-0.15, -0.1) is 0 Å². The van der Waals surface area contributed by atoms with Gasteiger partial charge in [0.1, 0.15) is 23.4 Å². The summed E-state index contributed by atoms with van der Waals surface area (Å²) >= 11 is 0. The number of phenols is 1. The molecule has 1 fully saturated rings. The van der Waals surface area contributed by atoms with E-state index in [0.29, 0.717) is 11.1 Å². The lowest BCUT2D eigenvalue weighted by Crippen LogP contribution is -2.56. The summed E-state index contributed by atoms with van der Waals surface area (Å²) in [5, 5.41) is 16.4. The van der Waals surface area contributed by atoms with Crippen molar-refractivity contribution in [3.63, 3.8) is 0 Å². The molecule has 36 heavy (non-hydrogen) atoms. The van der Waals surface area contributed by atoms with Crippen molar-refractivity contribution in [2.75, 3.05) is 0 Å². The van der Waals surface area contributed by atoms with E-state index in [2.05, 4.69) is 10.6 Å². The summed E-state index contributed by atoms with van der Waals surface area (Å²) < 4.78 is 5.31. The number of carbonyl (C=O) groups is 3. The summed E-state index contributed by atoms with van der Waals surface area (Å²) in [7, 11) is 0. The van der Waals surface area contributed by atoms with E-state index in [4.69, 9.17) is 4.74 Å². The average molecular weight is 496 g/mol. The maximum Gasteiger partial charge on any atom is 0.408 e. The number of phenolic OH excluding ortho intramolecular Hbond substituents is 1. The van der Waals surface area contributed by atoms with Crippen LogP contribution in [0.25, 0.3) is 0 Å². The Morgan fingerprint density at radius 2 is 1.75 bits per heavy atom. The lowest BCUT2D eigenvalue weighted by atomic mass is 9.87. The van der Waals surface area contributed by atoms with Gasteiger partial charge in [-0.2, -0.15) is 0 Å². The van der Waals surface area contributed by atoms with Crippen LogP contribution in [0.4, 0.5) is 4.79 Å². The number of ether oxygens (including phenoxy) is 1. The lowest BCUT2D eigenvalue weighted by molar-refractivity contribution is -0.147. The number of carbonyl (C=O) groups excluding carboxylic acids is 3. The number of amides is 3. The van der Waals surface area contributed by atoms with Gasteiger partial charge in [0, 0.05) is 18.2 Å². The zero-order valence-electron chi connectivity index (χ0n) is 21.7. The highest BCUT2D eigenvalue weighted by Gasteiger charge is 2.42. The Labute approximate surface area is 213 Å². The van der Waals surface area contributed by atoms with Crippen molar-refractivity contribution in [3.05, 3.63) is 65.2 Å². The third kappa shape index (κ3) is 6.77. The Morgan fingerprint density at radius 1 is 1.08 bits per heavy atom. The van der Waals surface area contributed by atoms with Crippen LogP contribution in [0.15, 0.2) is 48.5 Å². The number of hydrogen-bond acceptors (Lipinski definition) is 5. The summed E-state index contributed by atoms with van der Waals surface area (Å²) in [6.45, 7) is 8.84. The number of benzene rings is 2. The smallest absolute Gasteiger partial charge is 0.408 e. The molecule has 3 N–H and O–H groups in total. The number of rotatable bonds is 8. The molecule has 1 aliphatic carbocycles. The van der Waals surface area contributed by atoms with Gasteiger partial charge < -0.3 is 25.4 Å².